The second kappa shape index (κ2) is 10.9. The lowest BCUT2D eigenvalue weighted by Crippen LogP contribution is -2.44. The van der Waals surface area contributed by atoms with Crippen molar-refractivity contribution in [3.8, 4) is 28.7 Å². The first-order chi connectivity index (χ1) is 19.3. The first-order valence-electron chi connectivity index (χ1n) is 12.3. The molecule has 0 fully saturated rings. The molecule has 0 bridgehead atoms. The van der Waals surface area contributed by atoms with E-state index in [0.29, 0.717) is 50.6 Å². The topological polar surface area (TPSA) is 108 Å². The molecule has 2 atom stereocenters. The summed E-state index contributed by atoms with van der Waals surface area (Å²) >= 11 is 1.34. The first kappa shape index (κ1) is 27.1. The zero-order chi connectivity index (χ0) is 28.6. The molecule has 0 spiro atoms. The van der Waals surface area contributed by atoms with Gasteiger partial charge in [0.1, 0.15) is 5.75 Å². The molecule has 2 heterocycles. The molecule has 1 aliphatic heterocycles. The van der Waals surface area contributed by atoms with E-state index in [1.165, 1.54) is 32.7 Å². The van der Waals surface area contributed by atoms with Crippen LogP contribution in [0.4, 0.5) is 5.13 Å². The minimum Gasteiger partial charge on any atom is -0.497 e. The largest absolute Gasteiger partial charge is 0.497 e. The minimum atomic E-state index is -0.822. The summed E-state index contributed by atoms with van der Waals surface area (Å²) in [6.45, 7) is 0. The van der Waals surface area contributed by atoms with Crippen molar-refractivity contribution in [1.29, 1.82) is 0 Å². The lowest BCUT2D eigenvalue weighted by Gasteiger charge is -2.40. The van der Waals surface area contributed by atoms with Gasteiger partial charge in [-0.3, -0.25) is 9.59 Å². The van der Waals surface area contributed by atoms with Gasteiger partial charge in [-0.25, -0.2) is 4.98 Å². The Balaban J connectivity index is 1.64. The number of carbonyl (C=O) groups excluding carboxylic acids is 2. The molecule has 1 N–H and O–H groups in total. The van der Waals surface area contributed by atoms with Crippen molar-refractivity contribution in [3.05, 3.63) is 65.2 Å². The monoisotopic (exact) mass is 563 g/mol. The van der Waals surface area contributed by atoms with E-state index in [1.54, 1.807) is 50.4 Å². The van der Waals surface area contributed by atoms with Gasteiger partial charge >= 0.3 is 0 Å². The molecule has 40 heavy (non-hydrogen) atoms. The third-order valence-corrected chi connectivity index (χ3v) is 7.97. The highest BCUT2D eigenvalue weighted by molar-refractivity contribution is 7.22. The molecule has 3 aromatic carbocycles. The molecule has 1 aromatic heterocycles. The molecule has 5 rings (SSSR count). The van der Waals surface area contributed by atoms with Crippen LogP contribution in [0.15, 0.2) is 48.5 Å². The molecule has 1 aliphatic rings. The molecule has 4 aromatic rings. The number of rotatable bonds is 8. The van der Waals surface area contributed by atoms with Gasteiger partial charge in [0.25, 0.3) is 5.91 Å². The number of methoxy groups -OCH3 is 5. The van der Waals surface area contributed by atoms with E-state index in [9.17, 15) is 9.59 Å². The van der Waals surface area contributed by atoms with Crippen LogP contribution in [0.1, 0.15) is 33.4 Å². The van der Waals surface area contributed by atoms with Crippen molar-refractivity contribution in [1.82, 2.24) is 9.88 Å². The quantitative estimate of drug-likeness (QED) is 0.323. The van der Waals surface area contributed by atoms with Gasteiger partial charge in [-0.05, 0) is 53.6 Å². The van der Waals surface area contributed by atoms with E-state index in [0.717, 1.165) is 10.2 Å². The third kappa shape index (κ3) is 4.62. The lowest BCUT2D eigenvalue weighted by atomic mass is 9.79. The van der Waals surface area contributed by atoms with Crippen molar-refractivity contribution in [2.24, 2.45) is 0 Å². The summed E-state index contributed by atoms with van der Waals surface area (Å²) in [7, 11) is 9.37. The number of ether oxygens (including phenoxy) is 5. The Morgan fingerprint density at radius 3 is 2.20 bits per heavy atom. The van der Waals surface area contributed by atoms with Crippen LogP contribution in [0, 0.1) is 0 Å². The Bertz CT molecular complexity index is 1600. The molecule has 0 radical (unpaired) electrons. The van der Waals surface area contributed by atoms with Gasteiger partial charge in [0.15, 0.2) is 28.1 Å². The summed E-state index contributed by atoms with van der Waals surface area (Å²) in [5.74, 6) is 1.11. The summed E-state index contributed by atoms with van der Waals surface area (Å²) in [6.07, 6.45) is 0. The van der Waals surface area contributed by atoms with Gasteiger partial charge in [-0.2, -0.15) is 0 Å². The van der Waals surface area contributed by atoms with Gasteiger partial charge in [-0.15, -0.1) is 0 Å². The maximum absolute atomic E-state index is 14.2. The molecule has 2 unspecified atom stereocenters. The number of nitrogens with one attached hydrogen (secondary N) is 1. The van der Waals surface area contributed by atoms with Gasteiger partial charge in [0, 0.05) is 12.6 Å². The fraction of sp³-hybridized carbons (Fsp3) is 0.276. The zero-order valence-electron chi connectivity index (χ0n) is 22.9. The molecular formula is C29H29N3O7S. The summed E-state index contributed by atoms with van der Waals surface area (Å²) < 4.78 is 28.1. The predicted molar refractivity (Wildman–Crippen MR) is 151 cm³/mol. The van der Waals surface area contributed by atoms with Crippen LogP contribution in [-0.2, 0) is 4.79 Å². The second-order valence-electron chi connectivity index (χ2n) is 9.09. The molecule has 0 saturated heterocycles. The zero-order valence-corrected chi connectivity index (χ0v) is 23.8. The Labute approximate surface area is 235 Å². The van der Waals surface area contributed by atoms with Crippen LogP contribution >= 0.6 is 11.3 Å². The molecule has 0 aliphatic carbocycles. The summed E-state index contributed by atoms with van der Waals surface area (Å²) in [5, 5.41) is 3.42. The number of aromatic nitrogens is 1. The van der Waals surface area contributed by atoms with Crippen molar-refractivity contribution in [3.63, 3.8) is 0 Å². The lowest BCUT2D eigenvalue weighted by molar-refractivity contribution is -0.119. The molecular weight excluding hydrogens is 534 g/mol. The predicted octanol–water partition coefficient (Wildman–Crippen LogP) is 4.89. The average molecular weight is 564 g/mol. The Kier molecular flexibility index (Phi) is 7.40. The van der Waals surface area contributed by atoms with Gasteiger partial charge in [0.2, 0.25) is 5.91 Å². The van der Waals surface area contributed by atoms with Crippen LogP contribution in [0.2, 0.25) is 0 Å². The molecule has 10 nitrogen and oxygen atoms in total. The van der Waals surface area contributed by atoms with E-state index in [4.69, 9.17) is 23.7 Å². The smallest absolute Gasteiger partial charge is 0.254 e. The Morgan fingerprint density at radius 1 is 0.850 bits per heavy atom. The molecule has 208 valence electrons. The number of thiazole rings is 1. The van der Waals surface area contributed by atoms with E-state index >= 15 is 0 Å². The van der Waals surface area contributed by atoms with Crippen LogP contribution in [0.3, 0.4) is 0 Å². The fourth-order valence-corrected chi connectivity index (χ4v) is 5.95. The Hall–Kier alpha value is -4.51. The molecule has 0 saturated carbocycles. The summed E-state index contributed by atoms with van der Waals surface area (Å²) in [6, 6.07) is 13.5. The van der Waals surface area contributed by atoms with E-state index in [2.05, 4.69) is 10.3 Å². The van der Waals surface area contributed by atoms with Crippen LogP contribution in [0.5, 0.6) is 28.7 Å². The van der Waals surface area contributed by atoms with E-state index < -0.39 is 12.0 Å². The maximum Gasteiger partial charge on any atom is 0.254 e. The number of nitrogens with zero attached hydrogens (tertiary/aromatic N) is 2. The molecule has 2 amide bonds. The van der Waals surface area contributed by atoms with Crippen molar-refractivity contribution >= 4 is 38.5 Å². The highest BCUT2D eigenvalue weighted by Crippen LogP contribution is 2.47. The standard InChI is InChI=1S/C29H29N3O7S/c1-32-26(15-7-10-20(36-3)21(11-15)37-4)25(17-13-22(38-5)23(39-6)14-18(17)28(32)34)27(33)31-29-30-19-9-8-16(35-2)12-24(19)40-29/h7-14,25-26H,1-6H3,(H,30,31,33). The number of amides is 2. The van der Waals surface area contributed by atoms with Crippen molar-refractivity contribution in [2.75, 3.05) is 47.9 Å². The summed E-state index contributed by atoms with van der Waals surface area (Å²) in [4.78, 5) is 34.0. The highest BCUT2D eigenvalue weighted by atomic mass is 32.1. The number of hydrogen-bond acceptors (Lipinski definition) is 9. The van der Waals surface area contributed by atoms with E-state index in [-0.39, 0.29) is 11.8 Å². The number of fused-ring (bicyclic) bond motifs is 2. The number of benzene rings is 3. The SMILES string of the molecule is COc1ccc2nc(NC(=O)C3c4cc(OC)c(OC)cc4C(=O)N(C)C3c3ccc(OC)c(OC)c3)sc2c1. The van der Waals surface area contributed by atoms with Gasteiger partial charge < -0.3 is 33.9 Å². The van der Waals surface area contributed by atoms with Crippen LogP contribution in [0.25, 0.3) is 10.2 Å². The number of carbonyl (C=O) groups is 2. The molecule has 11 heteroatoms. The minimum absolute atomic E-state index is 0.258. The summed E-state index contributed by atoms with van der Waals surface area (Å²) in [5.41, 5.74) is 2.30. The Morgan fingerprint density at radius 2 is 1.52 bits per heavy atom. The average Bonchev–Trinajstić information content (AvgIpc) is 3.38. The van der Waals surface area contributed by atoms with Gasteiger partial charge in [-0.1, -0.05) is 17.4 Å². The highest BCUT2D eigenvalue weighted by Gasteiger charge is 2.44. The van der Waals surface area contributed by atoms with Crippen LogP contribution in [-0.4, -0.2) is 64.3 Å². The normalized spacial score (nSPS) is 16.4. The second-order valence-corrected chi connectivity index (χ2v) is 10.1. The van der Waals surface area contributed by atoms with Crippen molar-refractivity contribution < 1.29 is 33.3 Å². The first-order valence-corrected chi connectivity index (χ1v) is 13.2. The van der Waals surface area contributed by atoms with Gasteiger partial charge in [0.05, 0.1) is 57.7 Å². The van der Waals surface area contributed by atoms with E-state index in [1.807, 2.05) is 24.3 Å². The maximum atomic E-state index is 14.2. The van der Waals surface area contributed by atoms with Crippen LogP contribution < -0.4 is 29.0 Å². The number of anilines is 1. The number of likely N-dealkylation sites (N-methyl/N-ethyl adjacent to an activating group) is 1. The third-order valence-electron chi connectivity index (χ3n) is 7.03. The fourth-order valence-electron chi connectivity index (χ4n) is 5.05. The number of hydrogen-bond donors (Lipinski definition) is 1. The van der Waals surface area contributed by atoms with Crippen molar-refractivity contribution in [2.45, 2.75) is 12.0 Å².